The maximum atomic E-state index is 12.3. The highest BCUT2D eigenvalue weighted by Gasteiger charge is 2.10. The van der Waals surface area contributed by atoms with Crippen LogP contribution >= 0.6 is 0 Å². The first-order valence-corrected chi connectivity index (χ1v) is 5.85. The summed E-state index contributed by atoms with van der Waals surface area (Å²) in [5.41, 5.74) is 7.27. The van der Waals surface area contributed by atoms with Crippen molar-refractivity contribution in [1.82, 2.24) is 4.57 Å². The van der Waals surface area contributed by atoms with E-state index in [1.807, 2.05) is 37.3 Å². The summed E-state index contributed by atoms with van der Waals surface area (Å²) in [7, 11) is 0. The number of pyridine rings is 1. The van der Waals surface area contributed by atoms with Crippen molar-refractivity contribution in [3.8, 4) is 0 Å². The van der Waals surface area contributed by atoms with E-state index in [4.69, 9.17) is 10.9 Å². The van der Waals surface area contributed by atoms with Crippen LogP contribution in [0.3, 0.4) is 0 Å². The van der Waals surface area contributed by atoms with E-state index < -0.39 is 0 Å². The number of aryl methyl sites for hydroxylation is 1. The van der Waals surface area contributed by atoms with Crippen LogP contribution in [0.1, 0.15) is 16.8 Å². The Morgan fingerprint density at radius 1 is 1.26 bits per heavy atom. The van der Waals surface area contributed by atoms with Crippen LogP contribution < -0.4 is 11.3 Å². The van der Waals surface area contributed by atoms with Crippen LogP contribution in [0.25, 0.3) is 0 Å². The molecule has 0 bridgehead atoms. The summed E-state index contributed by atoms with van der Waals surface area (Å²) in [5.74, 6) is -0.174. The molecule has 2 aromatic rings. The van der Waals surface area contributed by atoms with Gasteiger partial charge in [-0.15, -0.1) is 0 Å². The summed E-state index contributed by atoms with van der Waals surface area (Å²) in [4.78, 5) is 12.3. The van der Waals surface area contributed by atoms with Gasteiger partial charge in [0.15, 0.2) is 5.84 Å². The average molecular weight is 257 g/mol. The molecular formula is C14H15N3O2. The Morgan fingerprint density at radius 3 is 2.58 bits per heavy atom. The molecule has 0 spiro atoms. The lowest BCUT2D eigenvalue weighted by molar-refractivity contribution is 0.318. The van der Waals surface area contributed by atoms with Gasteiger partial charge in [0.25, 0.3) is 5.56 Å². The molecular weight excluding hydrogens is 242 g/mol. The number of nitrogens with zero attached hydrogens (tertiary/aromatic N) is 2. The second-order valence-electron chi connectivity index (χ2n) is 4.25. The standard InChI is InChI=1S/C14H15N3O2/c1-10-7-8-12(13(15)16-19)14(18)17(10)9-11-5-3-2-4-6-11/h2-8,19H,9H2,1H3,(H2,15,16). The molecule has 0 atom stereocenters. The fraction of sp³-hybridized carbons (Fsp3) is 0.143. The van der Waals surface area contributed by atoms with Crippen molar-refractivity contribution < 1.29 is 5.21 Å². The summed E-state index contributed by atoms with van der Waals surface area (Å²) >= 11 is 0. The van der Waals surface area contributed by atoms with E-state index in [-0.39, 0.29) is 17.0 Å². The minimum atomic E-state index is -0.265. The summed E-state index contributed by atoms with van der Waals surface area (Å²) in [6.45, 7) is 2.30. The molecule has 0 amide bonds. The van der Waals surface area contributed by atoms with E-state index in [1.165, 1.54) is 0 Å². The van der Waals surface area contributed by atoms with Crippen LogP contribution in [0, 0.1) is 6.92 Å². The van der Waals surface area contributed by atoms with Crippen molar-refractivity contribution in [2.45, 2.75) is 13.5 Å². The zero-order chi connectivity index (χ0) is 13.8. The van der Waals surface area contributed by atoms with Gasteiger partial charge in [-0.05, 0) is 24.6 Å². The topological polar surface area (TPSA) is 80.6 Å². The van der Waals surface area contributed by atoms with Crippen LogP contribution in [-0.2, 0) is 6.54 Å². The highest BCUT2D eigenvalue weighted by molar-refractivity contribution is 5.96. The zero-order valence-electron chi connectivity index (χ0n) is 10.6. The lowest BCUT2D eigenvalue weighted by Gasteiger charge is -2.11. The molecule has 3 N–H and O–H groups in total. The summed E-state index contributed by atoms with van der Waals surface area (Å²) in [6, 6.07) is 13.0. The Balaban J connectivity index is 2.49. The number of hydrogen-bond acceptors (Lipinski definition) is 3. The Morgan fingerprint density at radius 2 is 1.95 bits per heavy atom. The highest BCUT2D eigenvalue weighted by Crippen LogP contribution is 2.04. The highest BCUT2D eigenvalue weighted by atomic mass is 16.4. The molecule has 0 radical (unpaired) electrons. The van der Waals surface area contributed by atoms with Crippen LogP contribution in [0.15, 0.2) is 52.4 Å². The number of aromatic nitrogens is 1. The van der Waals surface area contributed by atoms with Gasteiger partial charge >= 0.3 is 0 Å². The van der Waals surface area contributed by atoms with Crippen molar-refractivity contribution in [2.24, 2.45) is 10.9 Å². The molecule has 98 valence electrons. The fourth-order valence-electron chi connectivity index (χ4n) is 1.88. The van der Waals surface area contributed by atoms with Gasteiger partial charge in [0, 0.05) is 5.69 Å². The third kappa shape index (κ3) is 2.65. The minimum Gasteiger partial charge on any atom is -0.409 e. The van der Waals surface area contributed by atoms with Crippen molar-refractivity contribution >= 4 is 5.84 Å². The molecule has 0 aliphatic heterocycles. The maximum Gasteiger partial charge on any atom is 0.262 e. The Hall–Kier alpha value is -2.56. The van der Waals surface area contributed by atoms with Crippen molar-refractivity contribution in [1.29, 1.82) is 0 Å². The molecule has 0 saturated heterocycles. The van der Waals surface area contributed by atoms with Crippen molar-refractivity contribution in [3.05, 3.63) is 69.6 Å². The number of rotatable bonds is 3. The second kappa shape index (κ2) is 5.39. The third-order valence-electron chi connectivity index (χ3n) is 2.96. The average Bonchev–Trinajstić information content (AvgIpc) is 2.44. The summed E-state index contributed by atoms with van der Waals surface area (Å²) < 4.78 is 1.60. The van der Waals surface area contributed by atoms with Crippen molar-refractivity contribution in [3.63, 3.8) is 0 Å². The maximum absolute atomic E-state index is 12.3. The van der Waals surface area contributed by atoms with Gasteiger partial charge in [-0.25, -0.2) is 0 Å². The number of benzene rings is 1. The largest absolute Gasteiger partial charge is 0.409 e. The van der Waals surface area contributed by atoms with Crippen LogP contribution in [0.5, 0.6) is 0 Å². The molecule has 0 aliphatic rings. The SMILES string of the molecule is Cc1ccc(/C(N)=N/O)c(=O)n1Cc1ccccc1. The van der Waals surface area contributed by atoms with Crippen LogP contribution in [0.4, 0.5) is 0 Å². The number of nitrogens with two attached hydrogens (primary N) is 1. The first-order chi connectivity index (χ1) is 9.13. The Labute approximate surface area is 110 Å². The summed E-state index contributed by atoms with van der Waals surface area (Å²) in [6.07, 6.45) is 0. The molecule has 0 aliphatic carbocycles. The Bertz CT molecular complexity index is 660. The van der Waals surface area contributed by atoms with Gasteiger partial charge in [-0.3, -0.25) is 4.79 Å². The van der Waals surface area contributed by atoms with E-state index in [9.17, 15) is 4.79 Å². The lowest BCUT2D eigenvalue weighted by atomic mass is 10.2. The molecule has 5 nitrogen and oxygen atoms in total. The molecule has 1 aromatic carbocycles. The first-order valence-electron chi connectivity index (χ1n) is 5.85. The number of hydrogen-bond donors (Lipinski definition) is 2. The van der Waals surface area contributed by atoms with E-state index >= 15 is 0 Å². The quantitative estimate of drug-likeness (QED) is 0.376. The van der Waals surface area contributed by atoms with Crippen LogP contribution in [-0.4, -0.2) is 15.6 Å². The lowest BCUT2D eigenvalue weighted by Crippen LogP contribution is -2.31. The van der Waals surface area contributed by atoms with E-state index in [1.54, 1.807) is 16.7 Å². The fourth-order valence-corrected chi connectivity index (χ4v) is 1.88. The van der Waals surface area contributed by atoms with E-state index in [2.05, 4.69) is 5.16 Å². The minimum absolute atomic E-state index is 0.174. The zero-order valence-corrected chi connectivity index (χ0v) is 10.6. The van der Waals surface area contributed by atoms with Crippen LogP contribution in [0.2, 0.25) is 0 Å². The normalized spacial score (nSPS) is 11.5. The van der Waals surface area contributed by atoms with Gasteiger partial charge in [-0.1, -0.05) is 35.5 Å². The van der Waals surface area contributed by atoms with Gasteiger partial charge in [-0.2, -0.15) is 0 Å². The monoisotopic (exact) mass is 257 g/mol. The van der Waals surface area contributed by atoms with Gasteiger partial charge < -0.3 is 15.5 Å². The molecule has 0 fully saturated rings. The number of oxime groups is 1. The second-order valence-corrected chi connectivity index (χ2v) is 4.25. The predicted molar refractivity (Wildman–Crippen MR) is 73.5 cm³/mol. The smallest absolute Gasteiger partial charge is 0.262 e. The molecule has 1 heterocycles. The molecule has 0 unspecified atom stereocenters. The van der Waals surface area contributed by atoms with E-state index in [0.717, 1.165) is 11.3 Å². The molecule has 2 rings (SSSR count). The third-order valence-corrected chi connectivity index (χ3v) is 2.96. The van der Waals surface area contributed by atoms with Gasteiger partial charge in [0.05, 0.1) is 12.1 Å². The first kappa shape index (κ1) is 12.9. The number of amidine groups is 1. The van der Waals surface area contributed by atoms with Gasteiger partial charge in [0.2, 0.25) is 0 Å². The molecule has 5 heteroatoms. The molecule has 19 heavy (non-hydrogen) atoms. The molecule has 1 aromatic heterocycles. The predicted octanol–water partition coefficient (Wildman–Crippen LogP) is 1.30. The van der Waals surface area contributed by atoms with Gasteiger partial charge in [0.1, 0.15) is 0 Å². The Kier molecular flexibility index (Phi) is 3.66. The van der Waals surface area contributed by atoms with Crippen molar-refractivity contribution in [2.75, 3.05) is 0 Å². The molecule has 0 saturated carbocycles. The summed E-state index contributed by atoms with van der Waals surface area (Å²) in [5, 5.41) is 11.6. The van der Waals surface area contributed by atoms with E-state index in [0.29, 0.717) is 6.54 Å².